The monoisotopic (exact) mass is 293 g/mol. The highest BCUT2D eigenvalue weighted by atomic mass is 16.2. The summed E-state index contributed by atoms with van der Waals surface area (Å²) in [5, 5.41) is 0. The number of nitrogens with two attached hydrogens (primary N) is 1. The van der Waals surface area contributed by atoms with Crippen LogP contribution in [-0.2, 0) is 9.59 Å². The molecule has 5 heteroatoms. The Bertz CT molecular complexity index is 422. The molecule has 3 atom stereocenters. The van der Waals surface area contributed by atoms with Crippen LogP contribution in [-0.4, -0.2) is 53.8 Å². The van der Waals surface area contributed by atoms with E-state index in [9.17, 15) is 9.59 Å². The molecule has 3 unspecified atom stereocenters. The molecule has 0 radical (unpaired) electrons. The van der Waals surface area contributed by atoms with E-state index >= 15 is 0 Å². The maximum absolute atomic E-state index is 12.8. The third kappa shape index (κ3) is 3.07. The number of hydrogen-bond acceptors (Lipinski definition) is 3. The summed E-state index contributed by atoms with van der Waals surface area (Å²) in [6.45, 7) is 5.03. The Labute approximate surface area is 126 Å². The zero-order valence-corrected chi connectivity index (χ0v) is 13.0. The van der Waals surface area contributed by atoms with Crippen LogP contribution in [0.3, 0.4) is 0 Å². The van der Waals surface area contributed by atoms with Gasteiger partial charge < -0.3 is 15.5 Å². The van der Waals surface area contributed by atoms with Crippen molar-refractivity contribution in [1.82, 2.24) is 9.80 Å². The van der Waals surface area contributed by atoms with Gasteiger partial charge in [0, 0.05) is 31.6 Å². The first-order valence-electron chi connectivity index (χ1n) is 8.39. The minimum Gasteiger partial charge on any atom is -0.342 e. The quantitative estimate of drug-likeness (QED) is 0.838. The van der Waals surface area contributed by atoms with Gasteiger partial charge in [-0.2, -0.15) is 0 Å². The van der Waals surface area contributed by atoms with Gasteiger partial charge in [-0.05, 0) is 51.5 Å². The number of nitrogens with zero attached hydrogens (tertiary/aromatic N) is 2. The first kappa shape index (κ1) is 14.8. The lowest BCUT2D eigenvalue weighted by Gasteiger charge is -2.35. The van der Waals surface area contributed by atoms with E-state index in [1.807, 2.05) is 9.80 Å². The van der Waals surface area contributed by atoms with Gasteiger partial charge in [-0.3, -0.25) is 9.59 Å². The third-order valence-corrected chi connectivity index (χ3v) is 5.29. The molecule has 2 heterocycles. The van der Waals surface area contributed by atoms with E-state index < -0.39 is 0 Å². The molecule has 21 heavy (non-hydrogen) atoms. The van der Waals surface area contributed by atoms with Crippen molar-refractivity contribution < 1.29 is 9.59 Å². The molecule has 2 N–H and O–H groups in total. The smallest absolute Gasteiger partial charge is 0.227 e. The van der Waals surface area contributed by atoms with Gasteiger partial charge in [0.1, 0.15) is 0 Å². The summed E-state index contributed by atoms with van der Waals surface area (Å²) < 4.78 is 0. The van der Waals surface area contributed by atoms with Crippen LogP contribution >= 0.6 is 0 Å². The van der Waals surface area contributed by atoms with Crippen LogP contribution in [0.15, 0.2) is 0 Å². The molecule has 0 spiro atoms. The van der Waals surface area contributed by atoms with Crippen molar-refractivity contribution in [3.8, 4) is 0 Å². The standard InChI is InChI=1S/C16H27N3O2/c1-11-7-12(8-17)9-19(11)16(21)14-3-2-6-18(10-14)15(20)13-4-5-13/h11-14H,2-10,17H2,1H3. The van der Waals surface area contributed by atoms with E-state index in [1.165, 1.54) is 0 Å². The van der Waals surface area contributed by atoms with Gasteiger partial charge in [-0.25, -0.2) is 0 Å². The van der Waals surface area contributed by atoms with Crippen molar-refractivity contribution in [1.29, 1.82) is 0 Å². The molecule has 0 aromatic heterocycles. The van der Waals surface area contributed by atoms with E-state index in [0.717, 1.165) is 45.2 Å². The molecule has 5 nitrogen and oxygen atoms in total. The molecule has 0 aromatic carbocycles. The van der Waals surface area contributed by atoms with Gasteiger partial charge in [0.2, 0.25) is 11.8 Å². The van der Waals surface area contributed by atoms with E-state index in [2.05, 4.69) is 6.92 Å². The summed E-state index contributed by atoms with van der Waals surface area (Å²) in [5.41, 5.74) is 5.75. The second-order valence-electron chi connectivity index (χ2n) is 7.07. The van der Waals surface area contributed by atoms with Crippen LogP contribution in [0.2, 0.25) is 0 Å². The summed E-state index contributed by atoms with van der Waals surface area (Å²) in [7, 11) is 0. The van der Waals surface area contributed by atoms with Gasteiger partial charge in [-0.15, -0.1) is 0 Å². The number of likely N-dealkylation sites (tertiary alicyclic amines) is 2. The Morgan fingerprint density at radius 1 is 1.10 bits per heavy atom. The predicted molar refractivity (Wildman–Crippen MR) is 80.4 cm³/mol. The highest BCUT2D eigenvalue weighted by Crippen LogP contribution is 2.33. The first-order chi connectivity index (χ1) is 10.1. The van der Waals surface area contributed by atoms with Gasteiger partial charge in [0.25, 0.3) is 0 Å². The second-order valence-corrected chi connectivity index (χ2v) is 7.07. The van der Waals surface area contributed by atoms with E-state index in [0.29, 0.717) is 25.0 Å². The molecule has 2 saturated heterocycles. The molecule has 3 fully saturated rings. The van der Waals surface area contributed by atoms with Crippen LogP contribution in [0.4, 0.5) is 0 Å². The van der Waals surface area contributed by atoms with Gasteiger partial charge in [0.05, 0.1) is 5.92 Å². The SMILES string of the molecule is CC1CC(CN)CN1C(=O)C1CCCN(C(=O)C2CC2)C1. The molecule has 1 aliphatic carbocycles. The molecule has 0 bridgehead atoms. The Morgan fingerprint density at radius 2 is 1.86 bits per heavy atom. The lowest BCUT2D eigenvalue weighted by molar-refractivity contribution is -0.141. The minimum absolute atomic E-state index is 0.000393. The summed E-state index contributed by atoms with van der Waals surface area (Å²) in [6.07, 6.45) is 4.96. The summed E-state index contributed by atoms with van der Waals surface area (Å²) in [6, 6.07) is 0.292. The maximum Gasteiger partial charge on any atom is 0.227 e. The Kier molecular flexibility index (Phi) is 4.20. The first-order valence-corrected chi connectivity index (χ1v) is 8.39. The van der Waals surface area contributed by atoms with Crippen molar-refractivity contribution >= 4 is 11.8 Å². The molecular formula is C16H27N3O2. The molecule has 0 aromatic rings. The summed E-state index contributed by atoms with van der Waals surface area (Å²) in [4.78, 5) is 28.9. The Morgan fingerprint density at radius 3 is 2.48 bits per heavy atom. The topological polar surface area (TPSA) is 66.6 Å². The molecule has 2 amide bonds. The maximum atomic E-state index is 12.8. The summed E-state index contributed by atoms with van der Waals surface area (Å²) in [5.74, 6) is 1.22. The van der Waals surface area contributed by atoms with Gasteiger partial charge >= 0.3 is 0 Å². The molecule has 3 aliphatic rings. The van der Waals surface area contributed by atoms with Crippen molar-refractivity contribution in [3.05, 3.63) is 0 Å². The average Bonchev–Trinajstić information content (AvgIpc) is 3.28. The fraction of sp³-hybridized carbons (Fsp3) is 0.875. The molecule has 1 saturated carbocycles. The Hall–Kier alpha value is -1.10. The highest BCUT2D eigenvalue weighted by molar-refractivity contribution is 5.83. The number of carbonyl (C=O) groups excluding carboxylic acids is 2. The molecular weight excluding hydrogens is 266 g/mol. The van der Waals surface area contributed by atoms with Crippen LogP contribution < -0.4 is 5.73 Å². The van der Waals surface area contributed by atoms with E-state index in [-0.39, 0.29) is 23.7 Å². The van der Waals surface area contributed by atoms with E-state index in [4.69, 9.17) is 5.73 Å². The van der Waals surface area contributed by atoms with Gasteiger partial charge in [-0.1, -0.05) is 0 Å². The van der Waals surface area contributed by atoms with Crippen molar-refractivity contribution in [3.63, 3.8) is 0 Å². The molecule has 2 aliphatic heterocycles. The number of rotatable bonds is 3. The number of hydrogen-bond donors (Lipinski definition) is 1. The van der Waals surface area contributed by atoms with E-state index in [1.54, 1.807) is 0 Å². The highest BCUT2D eigenvalue weighted by Gasteiger charge is 2.40. The average molecular weight is 293 g/mol. The number of piperidine rings is 1. The van der Waals surface area contributed by atoms with Crippen LogP contribution in [0.5, 0.6) is 0 Å². The normalized spacial score (nSPS) is 33.3. The Balaban J connectivity index is 1.60. The van der Waals surface area contributed by atoms with Crippen LogP contribution in [0, 0.1) is 17.8 Å². The number of carbonyl (C=O) groups is 2. The lowest BCUT2D eigenvalue weighted by Crippen LogP contribution is -2.48. The predicted octanol–water partition coefficient (Wildman–Crippen LogP) is 0.831. The minimum atomic E-state index is 0.000393. The fourth-order valence-electron chi connectivity index (χ4n) is 3.82. The fourth-order valence-corrected chi connectivity index (χ4v) is 3.82. The largest absolute Gasteiger partial charge is 0.342 e. The zero-order valence-electron chi connectivity index (χ0n) is 13.0. The zero-order chi connectivity index (χ0) is 15.0. The molecule has 3 rings (SSSR count). The van der Waals surface area contributed by atoms with Crippen LogP contribution in [0.25, 0.3) is 0 Å². The van der Waals surface area contributed by atoms with Crippen molar-refractivity contribution in [2.75, 3.05) is 26.2 Å². The molecule has 118 valence electrons. The van der Waals surface area contributed by atoms with Gasteiger partial charge in [0.15, 0.2) is 0 Å². The number of amides is 2. The van der Waals surface area contributed by atoms with Crippen LogP contribution in [0.1, 0.15) is 39.0 Å². The second kappa shape index (κ2) is 5.95. The van der Waals surface area contributed by atoms with Crippen molar-refractivity contribution in [2.24, 2.45) is 23.5 Å². The third-order valence-electron chi connectivity index (χ3n) is 5.29. The summed E-state index contributed by atoms with van der Waals surface area (Å²) >= 11 is 0. The lowest BCUT2D eigenvalue weighted by atomic mass is 9.96. The van der Waals surface area contributed by atoms with Crippen molar-refractivity contribution in [2.45, 2.75) is 45.1 Å².